The van der Waals surface area contributed by atoms with Crippen molar-refractivity contribution in [3.05, 3.63) is 35.5 Å². The van der Waals surface area contributed by atoms with Crippen molar-refractivity contribution in [2.24, 2.45) is 0 Å². The Bertz CT molecular complexity index is 654. The van der Waals surface area contributed by atoms with Crippen LogP contribution in [-0.2, 0) is 9.59 Å². The Hall–Kier alpha value is -2.28. The van der Waals surface area contributed by atoms with E-state index in [0.717, 1.165) is 5.56 Å². The summed E-state index contributed by atoms with van der Waals surface area (Å²) in [5.74, 6) is -0.930. The van der Waals surface area contributed by atoms with E-state index in [4.69, 9.17) is 0 Å². The SMILES string of the molecule is CC(=O)NC(C)C(=O)Nc1nc(-c2ccc(F)cc2)cs1. The maximum absolute atomic E-state index is 12.9. The molecule has 0 aliphatic rings. The van der Waals surface area contributed by atoms with E-state index < -0.39 is 6.04 Å². The van der Waals surface area contributed by atoms with Gasteiger partial charge in [0.1, 0.15) is 11.9 Å². The fourth-order valence-corrected chi connectivity index (χ4v) is 2.39. The molecule has 2 aromatic rings. The van der Waals surface area contributed by atoms with Crippen LogP contribution in [0.3, 0.4) is 0 Å². The van der Waals surface area contributed by atoms with E-state index in [1.807, 2.05) is 0 Å². The van der Waals surface area contributed by atoms with Gasteiger partial charge in [0.25, 0.3) is 0 Å². The van der Waals surface area contributed by atoms with E-state index >= 15 is 0 Å². The average molecular weight is 307 g/mol. The van der Waals surface area contributed by atoms with Gasteiger partial charge < -0.3 is 10.6 Å². The number of hydrogen-bond donors (Lipinski definition) is 2. The van der Waals surface area contributed by atoms with Crippen LogP contribution in [0.15, 0.2) is 29.6 Å². The minimum atomic E-state index is -0.638. The fourth-order valence-electron chi connectivity index (χ4n) is 1.67. The average Bonchev–Trinajstić information content (AvgIpc) is 2.87. The molecular formula is C14H14FN3O2S. The normalized spacial score (nSPS) is 11.8. The molecule has 0 fully saturated rings. The number of hydrogen-bond acceptors (Lipinski definition) is 4. The number of nitrogens with zero attached hydrogens (tertiary/aromatic N) is 1. The van der Waals surface area contributed by atoms with Gasteiger partial charge in [-0.05, 0) is 31.2 Å². The van der Waals surface area contributed by atoms with Gasteiger partial charge in [0.05, 0.1) is 5.69 Å². The van der Waals surface area contributed by atoms with E-state index in [0.29, 0.717) is 10.8 Å². The van der Waals surface area contributed by atoms with Gasteiger partial charge in [-0.25, -0.2) is 9.37 Å². The number of carbonyl (C=O) groups is 2. The second kappa shape index (κ2) is 6.45. The number of amides is 2. The highest BCUT2D eigenvalue weighted by atomic mass is 32.1. The molecule has 1 heterocycles. The fraction of sp³-hybridized carbons (Fsp3) is 0.214. The van der Waals surface area contributed by atoms with E-state index in [1.54, 1.807) is 24.4 Å². The molecule has 0 aliphatic carbocycles. The Balaban J connectivity index is 2.05. The number of nitrogens with one attached hydrogen (secondary N) is 2. The van der Waals surface area contributed by atoms with Gasteiger partial charge >= 0.3 is 0 Å². The lowest BCUT2D eigenvalue weighted by atomic mass is 10.2. The number of carbonyl (C=O) groups excluding carboxylic acids is 2. The van der Waals surface area contributed by atoms with Crippen LogP contribution in [0.2, 0.25) is 0 Å². The van der Waals surface area contributed by atoms with Crippen LogP contribution in [0.1, 0.15) is 13.8 Å². The van der Waals surface area contributed by atoms with Crippen molar-refractivity contribution in [1.82, 2.24) is 10.3 Å². The molecule has 7 heteroatoms. The number of benzene rings is 1. The Morgan fingerprint density at radius 1 is 1.29 bits per heavy atom. The van der Waals surface area contributed by atoms with Gasteiger partial charge in [0.2, 0.25) is 11.8 Å². The summed E-state index contributed by atoms with van der Waals surface area (Å²) in [6.45, 7) is 2.94. The van der Waals surface area contributed by atoms with E-state index in [1.165, 1.54) is 30.4 Å². The van der Waals surface area contributed by atoms with E-state index in [9.17, 15) is 14.0 Å². The third kappa shape index (κ3) is 4.09. The lowest BCUT2D eigenvalue weighted by Gasteiger charge is -2.10. The molecule has 2 N–H and O–H groups in total. The first-order chi connectivity index (χ1) is 9.95. The van der Waals surface area contributed by atoms with Crippen LogP contribution in [-0.4, -0.2) is 22.8 Å². The quantitative estimate of drug-likeness (QED) is 0.911. The zero-order chi connectivity index (χ0) is 15.4. The molecule has 21 heavy (non-hydrogen) atoms. The minimum absolute atomic E-state index is 0.274. The first-order valence-corrected chi connectivity index (χ1v) is 7.13. The molecule has 110 valence electrons. The van der Waals surface area contributed by atoms with Gasteiger partial charge in [0.15, 0.2) is 5.13 Å². The number of anilines is 1. The zero-order valence-electron chi connectivity index (χ0n) is 11.5. The molecular weight excluding hydrogens is 293 g/mol. The maximum Gasteiger partial charge on any atom is 0.248 e. The molecule has 1 unspecified atom stereocenters. The number of thiazole rings is 1. The van der Waals surface area contributed by atoms with Crippen molar-refractivity contribution >= 4 is 28.3 Å². The highest BCUT2D eigenvalue weighted by Gasteiger charge is 2.15. The summed E-state index contributed by atoms with van der Waals surface area (Å²) < 4.78 is 12.9. The van der Waals surface area contributed by atoms with Gasteiger partial charge in [-0.1, -0.05) is 0 Å². The predicted molar refractivity (Wildman–Crippen MR) is 79.4 cm³/mol. The minimum Gasteiger partial charge on any atom is -0.345 e. The van der Waals surface area contributed by atoms with Gasteiger partial charge in [-0.2, -0.15) is 0 Å². The lowest BCUT2D eigenvalue weighted by molar-refractivity contribution is -0.124. The molecule has 0 saturated carbocycles. The number of halogens is 1. The van der Waals surface area contributed by atoms with E-state index in [-0.39, 0.29) is 17.6 Å². The van der Waals surface area contributed by atoms with Crippen LogP contribution in [0.4, 0.5) is 9.52 Å². The predicted octanol–water partition coefficient (Wildman–Crippen LogP) is 2.41. The zero-order valence-corrected chi connectivity index (χ0v) is 12.3. The molecule has 0 spiro atoms. The van der Waals surface area contributed by atoms with Crippen molar-refractivity contribution in [1.29, 1.82) is 0 Å². The standard InChI is InChI=1S/C14H14FN3O2S/c1-8(16-9(2)19)13(20)18-14-17-12(7-21-14)10-3-5-11(15)6-4-10/h3-8H,1-2H3,(H,16,19)(H,17,18,20). The van der Waals surface area contributed by atoms with Crippen LogP contribution in [0.5, 0.6) is 0 Å². The Morgan fingerprint density at radius 3 is 2.57 bits per heavy atom. The Labute approximate surface area is 125 Å². The highest BCUT2D eigenvalue weighted by Crippen LogP contribution is 2.25. The second-order valence-electron chi connectivity index (χ2n) is 4.46. The Morgan fingerprint density at radius 2 is 1.95 bits per heavy atom. The van der Waals surface area contributed by atoms with Gasteiger partial charge in [-0.3, -0.25) is 9.59 Å². The molecule has 0 radical (unpaired) electrons. The van der Waals surface area contributed by atoms with Crippen molar-refractivity contribution < 1.29 is 14.0 Å². The molecule has 2 rings (SSSR count). The molecule has 0 aliphatic heterocycles. The smallest absolute Gasteiger partial charge is 0.248 e. The molecule has 2 amide bonds. The van der Waals surface area contributed by atoms with Crippen LogP contribution in [0.25, 0.3) is 11.3 Å². The molecule has 5 nitrogen and oxygen atoms in total. The van der Waals surface area contributed by atoms with E-state index in [2.05, 4.69) is 15.6 Å². The monoisotopic (exact) mass is 307 g/mol. The summed E-state index contributed by atoms with van der Waals surface area (Å²) in [6, 6.07) is 5.31. The van der Waals surface area contributed by atoms with Gasteiger partial charge in [-0.15, -0.1) is 11.3 Å². The highest BCUT2D eigenvalue weighted by molar-refractivity contribution is 7.14. The summed E-state index contributed by atoms with van der Waals surface area (Å²) >= 11 is 1.26. The summed E-state index contributed by atoms with van der Waals surface area (Å²) in [7, 11) is 0. The summed E-state index contributed by atoms with van der Waals surface area (Å²) in [5.41, 5.74) is 1.42. The first kappa shape index (κ1) is 15.1. The van der Waals surface area contributed by atoms with Crippen molar-refractivity contribution in [3.63, 3.8) is 0 Å². The maximum atomic E-state index is 12.9. The summed E-state index contributed by atoms with van der Waals surface area (Å²) in [4.78, 5) is 27.0. The second-order valence-corrected chi connectivity index (χ2v) is 5.31. The molecule has 1 aromatic heterocycles. The number of rotatable bonds is 4. The van der Waals surface area contributed by atoms with Crippen molar-refractivity contribution in [3.8, 4) is 11.3 Å². The third-order valence-corrected chi connectivity index (χ3v) is 3.45. The molecule has 1 aromatic carbocycles. The summed E-state index contributed by atoms with van der Waals surface area (Å²) in [6.07, 6.45) is 0. The summed E-state index contributed by atoms with van der Waals surface area (Å²) in [5, 5.41) is 7.32. The lowest BCUT2D eigenvalue weighted by Crippen LogP contribution is -2.40. The largest absolute Gasteiger partial charge is 0.345 e. The Kier molecular flexibility index (Phi) is 4.64. The van der Waals surface area contributed by atoms with Gasteiger partial charge in [0, 0.05) is 17.9 Å². The topological polar surface area (TPSA) is 71.1 Å². The molecule has 0 bridgehead atoms. The van der Waals surface area contributed by atoms with Crippen molar-refractivity contribution in [2.45, 2.75) is 19.9 Å². The molecule has 1 atom stereocenters. The molecule has 0 saturated heterocycles. The van der Waals surface area contributed by atoms with Crippen LogP contribution >= 0.6 is 11.3 Å². The van der Waals surface area contributed by atoms with Crippen LogP contribution < -0.4 is 10.6 Å². The number of aromatic nitrogens is 1. The van der Waals surface area contributed by atoms with Crippen LogP contribution in [0, 0.1) is 5.82 Å². The first-order valence-electron chi connectivity index (χ1n) is 6.25. The van der Waals surface area contributed by atoms with Crippen molar-refractivity contribution in [2.75, 3.05) is 5.32 Å². The third-order valence-electron chi connectivity index (χ3n) is 2.69.